The summed E-state index contributed by atoms with van der Waals surface area (Å²) in [5.74, 6) is 2.50. The molecule has 0 spiro atoms. The Morgan fingerprint density at radius 1 is 0.967 bits per heavy atom. The molecule has 1 atom stereocenters. The Morgan fingerprint density at radius 2 is 1.73 bits per heavy atom. The van der Waals surface area contributed by atoms with Gasteiger partial charge in [-0.1, -0.05) is 23.9 Å². The van der Waals surface area contributed by atoms with E-state index in [4.69, 9.17) is 9.47 Å². The van der Waals surface area contributed by atoms with Crippen LogP contribution in [0.5, 0.6) is 11.5 Å². The number of para-hydroxylation sites is 2. The summed E-state index contributed by atoms with van der Waals surface area (Å²) in [5, 5.41) is 9.46. The van der Waals surface area contributed by atoms with Gasteiger partial charge in [-0.3, -0.25) is 9.55 Å². The minimum Gasteiger partial charge on any atom is -0.486 e. The fourth-order valence-electron chi connectivity index (χ4n) is 3.19. The second-order valence-electron chi connectivity index (χ2n) is 6.66. The fourth-order valence-corrected chi connectivity index (χ4v) is 4.11. The van der Waals surface area contributed by atoms with Gasteiger partial charge in [0.25, 0.3) is 0 Å². The van der Waals surface area contributed by atoms with Crippen LogP contribution in [0.2, 0.25) is 0 Å². The lowest BCUT2D eigenvalue weighted by Gasteiger charge is -2.26. The second-order valence-corrected chi connectivity index (χ2v) is 7.65. The highest BCUT2D eigenvalue weighted by Crippen LogP contribution is 2.33. The molecule has 2 aromatic carbocycles. The number of benzene rings is 2. The number of thioether (sulfide) groups is 1. The maximum Gasteiger partial charge on any atom is 0.196 e. The summed E-state index contributed by atoms with van der Waals surface area (Å²) in [6, 6.07) is 17.6. The van der Waals surface area contributed by atoms with Crippen LogP contribution in [-0.4, -0.2) is 38.2 Å². The molecule has 0 saturated carbocycles. The van der Waals surface area contributed by atoms with Crippen molar-refractivity contribution >= 4 is 11.8 Å². The summed E-state index contributed by atoms with van der Waals surface area (Å²) in [5.41, 5.74) is 1.65. The highest BCUT2D eigenvalue weighted by Gasteiger charge is 2.23. The van der Waals surface area contributed by atoms with E-state index in [-0.39, 0.29) is 11.9 Å². The van der Waals surface area contributed by atoms with E-state index in [0.29, 0.717) is 23.3 Å². The summed E-state index contributed by atoms with van der Waals surface area (Å²) in [6.07, 6.45) is 3.29. The van der Waals surface area contributed by atoms with Gasteiger partial charge < -0.3 is 9.47 Å². The molecule has 2 aromatic heterocycles. The first-order chi connectivity index (χ1) is 14.8. The zero-order valence-electron chi connectivity index (χ0n) is 15.8. The molecule has 0 unspecified atom stereocenters. The number of hydrogen-bond donors (Lipinski definition) is 0. The molecular weight excluding hydrogens is 403 g/mol. The smallest absolute Gasteiger partial charge is 0.196 e. The third-order valence-electron chi connectivity index (χ3n) is 4.62. The molecule has 0 fully saturated rings. The SMILES string of the molecule is Fc1ccc(-n2c(SC[C@@H]3COc4ccccc4O3)nnc2-c2ccncc2)cc1. The number of fused-ring (bicyclic) bond motifs is 1. The first-order valence-electron chi connectivity index (χ1n) is 9.41. The standard InChI is InChI=1S/C22H17FN4O2S/c23-16-5-7-17(8-6-16)27-21(15-9-11-24-12-10-15)25-26-22(27)30-14-18-13-28-19-3-1-2-4-20(19)29-18/h1-12,18H,13-14H2/t18-/m0/s1. The van der Waals surface area contributed by atoms with Crippen molar-refractivity contribution in [3.05, 3.63) is 78.9 Å². The number of ether oxygens (including phenoxy) is 2. The van der Waals surface area contributed by atoms with Crippen LogP contribution in [0.4, 0.5) is 4.39 Å². The first-order valence-corrected chi connectivity index (χ1v) is 10.4. The van der Waals surface area contributed by atoms with Crippen LogP contribution in [0, 0.1) is 5.82 Å². The average Bonchev–Trinajstić information content (AvgIpc) is 3.22. The summed E-state index contributed by atoms with van der Waals surface area (Å²) < 4.78 is 27.2. The minimum absolute atomic E-state index is 0.118. The van der Waals surface area contributed by atoms with Gasteiger partial charge in [-0.15, -0.1) is 10.2 Å². The van der Waals surface area contributed by atoms with E-state index in [0.717, 1.165) is 22.7 Å². The molecule has 0 amide bonds. The molecule has 8 heteroatoms. The highest BCUT2D eigenvalue weighted by atomic mass is 32.2. The molecule has 1 aliphatic rings. The predicted octanol–water partition coefficient (Wildman–Crippen LogP) is 4.40. The Bertz CT molecular complexity index is 1150. The summed E-state index contributed by atoms with van der Waals surface area (Å²) in [6.45, 7) is 0.464. The Balaban J connectivity index is 1.42. The lowest BCUT2D eigenvalue weighted by atomic mass is 10.2. The van der Waals surface area contributed by atoms with Crippen molar-refractivity contribution < 1.29 is 13.9 Å². The largest absolute Gasteiger partial charge is 0.486 e. The zero-order chi connectivity index (χ0) is 20.3. The van der Waals surface area contributed by atoms with Crippen LogP contribution in [0.1, 0.15) is 0 Å². The lowest BCUT2D eigenvalue weighted by Crippen LogP contribution is -2.31. The van der Waals surface area contributed by atoms with E-state index < -0.39 is 0 Å². The third-order valence-corrected chi connectivity index (χ3v) is 5.68. The molecule has 3 heterocycles. The lowest BCUT2D eigenvalue weighted by molar-refractivity contribution is 0.107. The van der Waals surface area contributed by atoms with Crippen molar-refractivity contribution in [1.29, 1.82) is 0 Å². The van der Waals surface area contributed by atoms with E-state index in [1.165, 1.54) is 23.9 Å². The van der Waals surface area contributed by atoms with Crippen LogP contribution in [0.25, 0.3) is 17.1 Å². The van der Waals surface area contributed by atoms with E-state index in [1.54, 1.807) is 24.5 Å². The zero-order valence-corrected chi connectivity index (χ0v) is 16.6. The maximum absolute atomic E-state index is 13.5. The number of hydrogen-bond acceptors (Lipinski definition) is 6. The molecule has 0 radical (unpaired) electrons. The van der Waals surface area contributed by atoms with Gasteiger partial charge in [-0.2, -0.15) is 0 Å². The number of pyridine rings is 1. The molecule has 6 nitrogen and oxygen atoms in total. The van der Waals surface area contributed by atoms with E-state index >= 15 is 0 Å². The van der Waals surface area contributed by atoms with Crippen molar-refractivity contribution in [2.45, 2.75) is 11.3 Å². The van der Waals surface area contributed by atoms with E-state index in [1.807, 2.05) is 41.0 Å². The topological polar surface area (TPSA) is 62.1 Å². The van der Waals surface area contributed by atoms with Crippen molar-refractivity contribution in [2.75, 3.05) is 12.4 Å². The molecular formula is C22H17FN4O2S. The molecule has 0 aliphatic carbocycles. The summed E-state index contributed by atoms with van der Waals surface area (Å²) in [4.78, 5) is 4.06. The Labute approximate surface area is 176 Å². The van der Waals surface area contributed by atoms with Crippen molar-refractivity contribution in [3.63, 3.8) is 0 Å². The van der Waals surface area contributed by atoms with Crippen LogP contribution in [0.3, 0.4) is 0 Å². The average molecular weight is 420 g/mol. The predicted molar refractivity (Wildman–Crippen MR) is 112 cm³/mol. The molecule has 30 heavy (non-hydrogen) atoms. The third kappa shape index (κ3) is 3.73. The van der Waals surface area contributed by atoms with Crippen molar-refractivity contribution in [3.8, 4) is 28.6 Å². The normalized spacial score (nSPS) is 15.2. The molecule has 0 N–H and O–H groups in total. The van der Waals surface area contributed by atoms with E-state index in [2.05, 4.69) is 15.2 Å². The summed E-state index contributed by atoms with van der Waals surface area (Å²) >= 11 is 1.52. The van der Waals surface area contributed by atoms with E-state index in [9.17, 15) is 4.39 Å². The van der Waals surface area contributed by atoms with Gasteiger partial charge in [0.1, 0.15) is 18.5 Å². The van der Waals surface area contributed by atoms with Gasteiger partial charge in [-0.25, -0.2) is 4.39 Å². The monoisotopic (exact) mass is 420 g/mol. The maximum atomic E-state index is 13.5. The van der Waals surface area contributed by atoms with Gasteiger partial charge >= 0.3 is 0 Å². The number of rotatable bonds is 5. The molecule has 0 saturated heterocycles. The summed E-state index contributed by atoms with van der Waals surface area (Å²) in [7, 11) is 0. The van der Waals surface area contributed by atoms with Crippen LogP contribution < -0.4 is 9.47 Å². The van der Waals surface area contributed by atoms with Gasteiger partial charge in [-0.05, 0) is 48.5 Å². The van der Waals surface area contributed by atoms with Gasteiger partial charge in [0, 0.05) is 29.4 Å². The Kier molecular flexibility index (Phi) is 5.06. The number of halogens is 1. The number of nitrogens with zero attached hydrogens (tertiary/aromatic N) is 4. The molecule has 1 aliphatic heterocycles. The second kappa shape index (κ2) is 8.16. The highest BCUT2D eigenvalue weighted by molar-refractivity contribution is 7.99. The molecule has 150 valence electrons. The molecule has 4 aromatic rings. The van der Waals surface area contributed by atoms with Gasteiger partial charge in [0.2, 0.25) is 0 Å². The molecule has 0 bridgehead atoms. The van der Waals surface area contributed by atoms with Crippen LogP contribution in [-0.2, 0) is 0 Å². The van der Waals surface area contributed by atoms with Crippen LogP contribution >= 0.6 is 11.8 Å². The number of aromatic nitrogens is 4. The molecule has 5 rings (SSSR count). The van der Waals surface area contributed by atoms with Gasteiger partial charge in [0.05, 0.1) is 0 Å². The first kappa shape index (κ1) is 18.6. The van der Waals surface area contributed by atoms with Crippen molar-refractivity contribution in [2.24, 2.45) is 0 Å². The Morgan fingerprint density at radius 3 is 2.53 bits per heavy atom. The fraction of sp³-hybridized carbons (Fsp3) is 0.136. The van der Waals surface area contributed by atoms with Crippen LogP contribution in [0.15, 0.2) is 78.2 Å². The van der Waals surface area contributed by atoms with Gasteiger partial charge in [0.15, 0.2) is 22.5 Å². The minimum atomic E-state index is -0.294. The Hall–Kier alpha value is -3.39. The van der Waals surface area contributed by atoms with Crippen molar-refractivity contribution in [1.82, 2.24) is 19.7 Å². The quantitative estimate of drug-likeness (QED) is 0.446.